The second-order valence-electron chi connectivity index (χ2n) is 16.1. The van der Waals surface area contributed by atoms with E-state index < -0.39 is 11.8 Å². The van der Waals surface area contributed by atoms with E-state index in [1.165, 1.54) is 0 Å². The van der Waals surface area contributed by atoms with E-state index in [0.29, 0.717) is 104 Å². The number of hydrogen-bond donors (Lipinski definition) is 0. The first-order valence-electron chi connectivity index (χ1n) is 20.4. The van der Waals surface area contributed by atoms with Crippen LogP contribution < -0.4 is 26.6 Å². The molecule has 9 heteroatoms. The first-order valence-corrected chi connectivity index (χ1v) is 20.4. The summed E-state index contributed by atoms with van der Waals surface area (Å²) >= 11 is 0. The van der Waals surface area contributed by atoms with Crippen LogP contribution in [0, 0.1) is 0 Å². The molecular formula is C54H27N3O6. The van der Waals surface area contributed by atoms with E-state index >= 15 is 0 Å². The van der Waals surface area contributed by atoms with Crippen molar-refractivity contribution < 1.29 is 9.59 Å². The smallest absolute Gasteiger partial charge is 0.266 e. The molecule has 4 aromatic heterocycles. The maximum Gasteiger partial charge on any atom is 0.266 e. The lowest BCUT2D eigenvalue weighted by molar-refractivity contribution is 0.0926. The maximum absolute atomic E-state index is 14.6. The van der Waals surface area contributed by atoms with Crippen molar-refractivity contribution in [2.24, 2.45) is 0 Å². The molecule has 0 saturated carbocycles. The zero-order valence-corrected chi connectivity index (χ0v) is 32.9. The minimum Gasteiger partial charge on any atom is -0.308 e. The summed E-state index contributed by atoms with van der Waals surface area (Å²) in [5.41, 5.74) is 5.98. The van der Waals surface area contributed by atoms with Crippen LogP contribution in [-0.4, -0.2) is 20.6 Å². The van der Waals surface area contributed by atoms with Gasteiger partial charge in [0.25, 0.3) is 11.8 Å². The molecule has 0 fully saturated rings. The number of imide groups is 1. The molecule has 0 spiro atoms. The molecule has 8 aromatic carbocycles. The number of para-hydroxylation sites is 5. The number of carbonyl (C=O) groups excluding carboxylic acids is 2. The Labute approximate surface area is 353 Å². The van der Waals surface area contributed by atoms with Crippen LogP contribution in [0.1, 0.15) is 20.7 Å². The Hall–Kier alpha value is -8.82. The number of nitrogens with zero attached hydrogens (tertiary/aromatic N) is 3. The average molecular weight is 814 g/mol. The summed E-state index contributed by atoms with van der Waals surface area (Å²) in [6.45, 7) is 0. The monoisotopic (exact) mass is 813 g/mol. The molecule has 0 aliphatic carbocycles. The van der Waals surface area contributed by atoms with Crippen molar-refractivity contribution in [1.29, 1.82) is 0 Å². The van der Waals surface area contributed by atoms with Crippen LogP contribution in [0.15, 0.2) is 183 Å². The molecule has 0 atom stereocenters. The Morgan fingerprint density at radius 2 is 0.651 bits per heavy atom. The Balaban J connectivity index is 1.12. The van der Waals surface area contributed by atoms with Crippen molar-refractivity contribution in [1.82, 2.24) is 8.80 Å². The lowest BCUT2D eigenvalue weighted by atomic mass is 9.89. The standard InChI is InChI=1S/C54H27N3O6/c58-49-31-12-4-6-18-43(31)56-45-22-20-28(24-41(45)51(60)35-16-8-14-33(49)47(35)56)37-26-39-40(54(63)55(53(39)62)30-10-2-1-3-11-30)27-38(37)29-21-23-46-42(25-29)52(61)36-17-9-15-34-48(36)57(46)44-19-7-5-13-32(44)50(34)59/h1-27H. The largest absolute Gasteiger partial charge is 0.308 e. The molecule has 13 rings (SSSR count). The van der Waals surface area contributed by atoms with Gasteiger partial charge in [0.05, 0.1) is 49.9 Å². The van der Waals surface area contributed by atoms with Crippen molar-refractivity contribution in [3.05, 3.63) is 216 Å². The molecule has 1 aliphatic heterocycles. The summed E-state index contributed by atoms with van der Waals surface area (Å²) in [6.07, 6.45) is 0. The van der Waals surface area contributed by atoms with Gasteiger partial charge in [-0.25, -0.2) is 4.90 Å². The van der Waals surface area contributed by atoms with Crippen LogP contribution in [0.25, 0.3) is 98.4 Å². The van der Waals surface area contributed by atoms with Crippen molar-refractivity contribution in [2.45, 2.75) is 0 Å². The summed E-state index contributed by atoms with van der Waals surface area (Å²) < 4.78 is 3.94. The Morgan fingerprint density at radius 1 is 0.286 bits per heavy atom. The van der Waals surface area contributed by atoms with Crippen LogP contribution in [0.4, 0.5) is 5.69 Å². The van der Waals surface area contributed by atoms with Crippen LogP contribution in [0.2, 0.25) is 0 Å². The minimum atomic E-state index is -0.481. The molecule has 2 amide bonds. The van der Waals surface area contributed by atoms with Gasteiger partial charge in [-0.05, 0) is 119 Å². The Kier molecular flexibility index (Phi) is 6.87. The van der Waals surface area contributed by atoms with Crippen molar-refractivity contribution in [3.63, 3.8) is 0 Å². The molecule has 0 saturated heterocycles. The fourth-order valence-electron chi connectivity index (χ4n) is 10.1. The van der Waals surface area contributed by atoms with Gasteiger partial charge in [-0.2, -0.15) is 0 Å². The van der Waals surface area contributed by atoms with Crippen LogP contribution >= 0.6 is 0 Å². The Morgan fingerprint density at radius 3 is 1.10 bits per heavy atom. The number of carbonyl (C=O) groups is 2. The van der Waals surface area contributed by atoms with E-state index in [-0.39, 0.29) is 32.8 Å². The molecule has 294 valence electrons. The third kappa shape index (κ3) is 4.54. The zero-order valence-electron chi connectivity index (χ0n) is 32.9. The van der Waals surface area contributed by atoms with Crippen LogP contribution in [0.3, 0.4) is 0 Å². The zero-order chi connectivity index (χ0) is 42.4. The number of amides is 2. The minimum absolute atomic E-state index is 0.149. The van der Waals surface area contributed by atoms with E-state index in [1.54, 1.807) is 97.1 Å². The van der Waals surface area contributed by atoms with E-state index in [4.69, 9.17) is 0 Å². The highest BCUT2D eigenvalue weighted by atomic mass is 16.2. The highest BCUT2D eigenvalue weighted by Gasteiger charge is 2.38. The third-order valence-electron chi connectivity index (χ3n) is 12.9. The Bertz CT molecular complexity index is 4090. The van der Waals surface area contributed by atoms with Gasteiger partial charge in [-0.1, -0.05) is 66.7 Å². The fraction of sp³-hybridized carbons (Fsp3) is 0. The summed E-state index contributed by atoms with van der Waals surface area (Å²) in [4.78, 5) is 86.2. The van der Waals surface area contributed by atoms with Gasteiger partial charge in [0.15, 0.2) is 21.7 Å². The number of hydrogen-bond acceptors (Lipinski definition) is 6. The molecule has 0 bridgehead atoms. The van der Waals surface area contributed by atoms with Gasteiger partial charge >= 0.3 is 0 Å². The number of pyridine rings is 4. The van der Waals surface area contributed by atoms with Gasteiger partial charge in [-0.15, -0.1) is 0 Å². The molecule has 63 heavy (non-hydrogen) atoms. The highest BCUT2D eigenvalue weighted by Crippen LogP contribution is 2.41. The maximum atomic E-state index is 14.6. The topological polar surface area (TPSA) is 114 Å². The average Bonchev–Trinajstić information content (AvgIpc) is 3.58. The normalized spacial score (nSPS) is 13.0. The number of rotatable bonds is 3. The third-order valence-corrected chi connectivity index (χ3v) is 12.9. The fourth-order valence-corrected chi connectivity index (χ4v) is 10.1. The summed E-state index contributed by atoms with van der Waals surface area (Å²) in [5.74, 6) is -0.962. The van der Waals surface area contributed by atoms with E-state index in [9.17, 15) is 28.8 Å². The van der Waals surface area contributed by atoms with E-state index in [2.05, 4.69) is 0 Å². The number of benzene rings is 8. The predicted molar refractivity (Wildman–Crippen MR) is 249 cm³/mol. The molecule has 9 nitrogen and oxygen atoms in total. The molecule has 5 heterocycles. The molecule has 0 unspecified atom stereocenters. The van der Waals surface area contributed by atoms with Crippen molar-refractivity contribution in [3.8, 4) is 22.3 Å². The van der Waals surface area contributed by atoms with Crippen LogP contribution in [-0.2, 0) is 0 Å². The van der Waals surface area contributed by atoms with Gasteiger partial charge in [0, 0.05) is 43.1 Å². The molecular weight excluding hydrogens is 787 g/mol. The SMILES string of the molecule is O=C1c2cc(-c3ccc4c(c3)c(=O)c3cccc5c(=O)c6ccccc6n4c53)c(-c3ccc4c(c3)c(=O)c3cccc5c(=O)c6ccccc6n4c53)cc2C(=O)N1c1ccccc1. The van der Waals surface area contributed by atoms with Crippen molar-refractivity contribution in [2.75, 3.05) is 4.90 Å². The van der Waals surface area contributed by atoms with Gasteiger partial charge in [0.2, 0.25) is 0 Å². The van der Waals surface area contributed by atoms with Crippen molar-refractivity contribution >= 4 is 93.7 Å². The van der Waals surface area contributed by atoms with Gasteiger partial charge < -0.3 is 8.80 Å². The van der Waals surface area contributed by atoms with Crippen LogP contribution in [0.5, 0.6) is 0 Å². The first kappa shape index (κ1) is 35.0. The lowest BCUT2D eigenvalue weighted by Gasteiger charge is -2.17. The predicted octanol–water partition coefficient (Wildman–Crippen LogP) is 9.56. The molecule has 0 radical (unpaired) electrons. The number of fused-ring (bicyclic) bond motifs is 9. The second kappa shape index (κ2) is 12.4. The first-order chi connectivity index (χ1) is 30.8. The summed E-state index contributed by atoms with van der Waals surface area (Å²) in [7, 11) is 0. The molecule has 1 aliphatic rings. The number of aromatic nitrogens is 2. The van der Waals surface area contributed by atoms with E-state index in [0.717, 1.165) is 4.90 Å². The summed E-state index contributed by atoms with van der Waals surface area (Å²) in [5, 5.41) is 3.53. The molecule has 0 N–H and O–H groups in total. The second-order valence-corrected chi connectivity index (χ2v) is 16.1. The molecule has 12 aromatic rings. The lowest BCUT2D eigenvalue weighted by Crippen LogP contribution is -2.29. The van der Waals surface area contributed by atoms with Gasteiger partial charge in [-0.3, -0.25) is 28.8 Å². The number of anilines is 1. The van der Waals surface area contributed by atoms with E-state index in [1.807, 2.05) is 75.5 Å². The highest BCUT2D eigenvalue weighted by molar-refractivity contribution is 6.35. The van der Waals surface area contributed by atoms with Gasteiger partial charge in [0.1, 0.15) is 0 Å². The quantitative estimate of drug-likeness (QED) is 0.0998. The summed E-state index contributed by atoms with van der Waals surface area (Å²) in [6, 6.07) is 48.3.